The Morgan fingerprint density at radius 1 is 1.50 bits per heavy atom. The van der Waals surface area contributed by atoms with Gasteiger partial charge in [-0.1, -0.05) is 0 Å². The van der Waals surface area contributed by atoms with E-state index in [1.165, 1.54) is 0 Å². The number of hydrogen-bond donors (Lipinski definition) is 2. The highest BCUT2D eigenvalue weighted by Gasteiger charge is 2.17. The van der Waals surface area contributed by atoms with Crippen molar-refractivity contribution in [1.29, 1.82) is 0 Å². The molecule has 0 saturated carbocycles. The van der Waals surface area contributed by atoms with Crippen molar-refractivity contribution in [2.45, 2.75) is 18.8 Å². The minimum atomic E-state index is -0.319. The van der Waals surface area contributed by atoms with Gasteiger partial charge in [-0.15, -0.1) is 0 Å². The van der Waals surface area contributed by atoms with Crippen molar-refractivity contribution in [3.63, 3.8) is 0 Å². The molecule has 0 spiro atoms. The normalized spacial score (nSPS) is 18.3. The fraction of sp³-hybridized carbons (Fsp3) is 0.556. The minimum absolute atomic E-state index is 0.237. The van der Waals surface area contributed by atoms with E-state index in [0.717, 1.165) is 31.7 Å². The Balaban J connectivity index is 2.22. The van der Waals surface area contributed by atoms with Crippen molar-refractivity contribution in [3.05, 3.63) is 22.1 Å². The van der Waals surface area contributed by atoms with Crippen molar-refractivity contribution >= 4 is 5.69 Å². The number of aromatic nitrogens is 2. The third-order valence-electron chi connectivity index (χ3n) is 2.49. The van der Waals surface area contributed by atoms with Gasteiger partial charge in [-0.25, -0.2) is 5.10 Å². The molecule has 3 N–H and O–H groups in total. The van der Waals surface area contributed by atoms with Gasteiger partial charge in [0.15, 0.2) is 0 Å². The van der Waals surface area contributed by atoms with Gasteiger partial charge in [-0.2, -0.15) is 5.10 Å². The van der Waals surface area contributed by atoms with Gasteiger partial charge in [0.25, 0.3) is 5.56 Å². The summed E-state index contributed by atoms with van der Waals surface area (Å²) in [7, 11) is 0. The van der Waals surface area contributed by atoms with Crippen LogP contribution in [0.5, 0.6) is 0 Å². The first-order valence-corrected chi connectivity index (χ1v) is 4.70. The van der Waals surface area contributed by atoms with Crippen molar-refractivity contribution in [3.8, 4) is 0 Å². The lowest BCUT2D eigenvalue weighted by Gasteiger charge is -2.20. The lowest BCUT2D eigenvalue weighted by Crippen LogP contribution is -2.19. The number of hydrogen-bond acceptors (Lipinski definition) is 4. The fourth-order valence-electron chi connectivity index (χ4n) is 1.64. The summed E-state index contributed by atoms with van der Waals surface area (Å²) in [6.07, 6.45) is 1.89. The van der Waals surface area contributed by atoms with Crippen molar-refractivity contribution < 1.29 is 4.74 Å². The molecule has 1 fully saturated rings. The molecule has 0 unspecified atom stereocenters. The van der Waals surface area contributed by atoms with E-state index in [-0.39, 0.29) is 11.2 Å². The summed E-state index contributed by atoms with van der Waals surface area (Å²) in [6.45, 7) is 1.51. The van der Waals surface area contributed by atoms with Crippen LogP contribution in [0.15, 0.2) is 10.9 Å². The lowest BCUT2D eigenvalue weighted by molar-refractivity contribution is 0.0843. The Hall–Kier alpha value is -1.36. The second-order valence-corrected chi connectivity index (χ2v) is 3.46. The van der Waals surface area contributed by atoms with Crippen molar-refractivity contribution in [1.82, 2.24) is 10.2 Å². The molecule has 0 amide bonds. The number of aromatic amines is 1. The van der Waals surface area contributed by atoms with Crippen LogP contribution in [-0.4, -0.2) is 23.4 Å². The molecule has 0 aliphatic carbocycles. The van der Waals surface area contributed by atoms with Crippen LogP contribution in [0.25, 0.3) is 0 Å². The maximum atomic E-state index is 11.0. The topological polar surface area (TPSA) is 81.0 Å². The van der Waals surface area contributed by atoms with Gasteiger partial charge in [-0.05, 0) is 18.9 Å². The molecule has 1 aromatic heterocycles. The van der Waals surface area contributed by atoms with Gasteiger partial charge in [0.2, 0.25) is 0 Å². The summed E-state index contributed by atoms with van der Waals surface area (Å²) in [5, 5.41) is 6.38. The Morgan fingerprint density at radius 2 is 2.21 bits per heavy atom. The molecule has 5 heteroatoms. The second kappa shape index (κ2) is 3.79. The predicted octanol–water partition coefficient (Wildman–Crippen LogP) is 0.246. The van der Waals surface area contributed by atoms with Crippen LogP contribution >= 0.6 is 0 Å². The Kier molecular flexibility index (Phi) is 2.49. The van der Waals surface area contributed by atoms with E-state index in [2.05, 4.69) is 10.2 Å². The molecule has 1 aliphatic rings. The minimum Gasteiger partial charge on any atom is -0.394 e. The molecule has 0 radical (unpaired) electrons. The van der Waals surface area contributed by atoms with Crippen LogP contribution < -0.4 is 11.3 Å². The van der Waals surface area contributed by atoms with Gasteiger partial charge in [0, 0.05) is 19.1 Å². The maximum Gasteiger partial charge on any atom is 0.287 e. The van der Waals surface area contributed by atoms with Crippen molar-refractivity contribution in [2.24, 2.45) is 0 Å². The van der Waals surface area contributed by atoms with E-state index in [4.69, 9.17) is 10.5 Å². The van der Waals surface area contributed by atoms with Crippen LogP contribution in [0.3, 0.4) is 0 Å². The van der Waals surface area contributed by atoms with E-state index < -0.39 is 0 Å². The fourth-order valence-corrected chi connectivity index (χ4v) is 1.64. The first kappa shape index (κ1) is 9.21. The van der Waals surface area contributed by atoms with Crippen LogP contribution in [0, 0.1) is 0 Å². The number of H-pyrrole nitrogens is 1. The number of nitrogens with two attached hydrogens (primary N) is 1. The first-order valence-electron chi connectivity index (χ1n) is 4.70. The highest BCUT2D eigenvalue weighted by atomic mass is 16.5. The summed E-state index contributed by atoms with van der Waals surface area (Å²) in [6, 6.07) is 1.66. The quantitative estimate of drug-likeness (QED) is 0.672. The van der Waals surface area contributed by atoms with Gasteiger partial charge < -0.3 is 10.5 Å². The maximum absolute atomic E-state index is 11.0. The first-order chi connectivity index (χ1) is 6.77. The monoisotopic (exact) mass is 195 g/mol. The average molecular weight is 195 g/mol. The van der Waals surface area contributed by atoms with Crippen LogP contribution in [0.1, 0.15) is 24.5 Å². The molecule has 1 aliphatic heterocycles. The third kappa shape index (κ3) is 1.77. The molecule has 0 bridgehead atoms. The number of nitrogen functional groups attached to an aromatic ring is 1. The zero-order valence-corrected chi connectivity index (χ0v) is 7.82. The molecule has 2 rings (SSSR count). The molecular weight excluding hydrogens is 182 g/mol. The zero-order chi connectivity index (χ0) is 9.97. The Bertz CT molecular complexity index is 369. The molecule has 1 aromatic rings. The molecular formula is C9H13N3O2. The molecule has 1 saturated heterocycles. The van der Waals surface area contributed by atoms with Crippen LogP contribution in [0.4, 0.5) is 5.69 Å². The summed E-state index contributed by atoms with van der Waals surface area (Å²) in [5.41, 5.74) is 6.30. The largest absolute Gasteiger partial charge is 0.394 e. The van der Waals surface area contributed by atoms with Gasteiger partial charge >= 0.3 is 0 Å². The second-order valence-electron chi connectivity index (χ2n) is 3.46. The molecule has 0 aromatic carbocycles. The molecule has 0 atom stereocenters. The smallest absolute Gasteiger partial charge is 0.287 e. The van der Waals surface area contributed by atoms with Crippen LogP contribution in [-0.2, 0) is 4.74 Å². The number of nitrogens with one attached hydrogen (secondary N) is 1. The predicted molar refractivity (Wildman–Crippen MR) is 52.1 cm³/mol. The van der Waals surface area contributed by atoms with E-state index in [1.807, 2.05) is 0 Å². The van der Waals surface area contributed by atoms with Gasteiger partial charge in [-0.3, -0.25) is 4.79 Å². The Labute approximate surface area is 81.3 Å². The molecule has 2 heterocycles. The number of anilines is 1. The summed E-state index contributed by atoms with van der Waals surface area (Å²) >= 11 is 0. The number of ether oxygens (including phenoxy) is 1. The molecule has 14 heavy (non-hydrogen) atoms. The molecule has 5 nitrogen and oxygen atoms in total. The van der Waals surface area contributed by atoms with Gasteiger partial charge in [0.1, 0.15) is 5.69 Å². The highest BCUT2D eigenvalue weighted by molar-refractivity contribution is 5.35. The Morgan fingerprint density at radius 3 is 2.86 bits per heavy atom. The van der Waals surface area contributed by atoms with E-state index in [1.54, 1.807) is 6.07 Å². The van der Waals surface area contributed by atoms with E-state index in [9.17, 15) is 4.79 Å². The SMILES string of the molecule is Nc1cc(C2CCOCC2)n[nH]c1=O. The summed E-state index contributed by atoms with van der Waals surface area (Å²) in [4.78, 5) is 11.0. The number of rotatable bonds is 1. The standard InChI is InChI=1S/C9H13N3O2/c10-7-5-8(11-12-9(7)13)6-1-3-14-4-2-6/h5-6H,1-4H2,(H2,10,11)(H,12,13). The third-order valence-corrected chi connectivity index (χ3v) is 2.49. The van der Waals surface area contributed by atoms with Crippen molar-refractivity contribution in [2.75, 3.05) is 18.9 Å². The highest BCUT2D eigenvalue weighted by Crippen LogP contribution is 2.24. The van der Waals surface area contributed by atoms with Crippen LogP contribution in [0.2, 0.25) is 0 Å². The average Bonchev–Trinajstić information content (AvgIpc) is 2.23. The lowest BCUT2D eigenvalue weighted by atomic mass is 9.96. The zero-order valence-electron chi connectivity index (χ0n) is 7.82. The van der Waals surface area contributed by atoms with E-state index in [0.29, 0.717) is 5.92 Å². The van der Waals surface area contributed by atoms with E-state index >= 15 is 0 Å². The summed E-state index contributed by atoms with van der Waals surface area (Å²) in [5.74, 6) is 0.364. The van der Waals surface area contributed by atoms with Gasteiger partial charge in [0.05, 0.1) is 5.69 Å². The summed E-state index contributed by atoms with van der Waals surface area (Å²) < 4.78 is 5.24. The molecule has 76 valence electrons. The number of nitrogens with zero attached hydrogens (tertiary/aromatic N) is 1.